The van der Waals surface area contributed by atoms with Crippen LogP contribution in [0.15, 0.2) is 22.7 Å². The smallest absolute Gasteiger partial charge is 0.226 e. The van der Waals surface area contributed by atoms with Crippen LogP contribution in [0, 0.1) is 6.92 Å². The lowest BCUT2D eigenvalue weighted by atomic mass is 10.2. The van der Waals surface area contributed by atoms with E-state index < -0.39 is 0 Å². The van der Waals surface area contributed by atoms with Gasteiger partial charge in [0.1, 0.15) is 5.76 Å². The van der Waals surface area contributed by atoms with E-state index in [0.29, 0.717) is 0 Å². The molecule has 12 heavy (non-hydrogen) atoms. The third-order valence-corrected chi connectivity index (χ3v) is 1.91. The molecule has 0 unspecified atom stereocenters. The van der Waals surface area contributed by atoms with Gasteiger partial charge >= 0.3 is 0 Å². The minimum atomic E-state index is 0.748. The first-order valence-corrected chi connectivity index (χ1v) is 4.14. The Labute approximate surface area is 71.2 Å². The Morgan fingerprint density at radius 3 is 3.00 bits per heavy atom. The van der Waals surface area contributed by atoms with E-state index in [1.807, 2.05) is 13.1 Å². The molecule has 0 amide bonds. The third kappa shape index (κ3) is 1.09. The number of aryl methyl sites for hydroxylation is 2. The van der Waals surface area contributed by atoms with E-state index in [2.05, 4.69) is 24.0 Å². The first-order chi connectivity index (χ1) is 5.79. The van der Waals surface area contributed by atoms with Crippen LogP contribution >= 0.6 is 0 Å². The second-order valence-electron chi connectivity index (χ2n) is 2.97. The predicted octanol–water partition coefficient (Wildman–Crippen LogP) is 2.70. The molecule has 0 aromatic carbocycles. The minimum absolute atomic E-state index is 0.748. The summed E-state index contributed by atoms with van der Waals surface area (Å²) in [6.45, 7) is 4.11. The summed E-state index contributed by atoms with van der Waals surface area (Å²) >= 11 is 0. The van der Waals surface area contributed by atoms with Crippen molar-refractivity contribution in [1.29, 1.82) is 0 Å². The lowest BCUT2D eigenvalue weighted by Gasteiger charge is -1.88. The highest BCUT2D eigenvalue weighted by Gasteiger charge is 2.01. The molecule has 2 heteroatoms. The first kappa shape index (κ1) is 7.35. The summed E-state index contributed by atoms with van der Waals surface area (Å²) in [6.07, 6.45) is 2.75. The Morgan fingerprint density at radius 2 is 2.25 bits per heavy atom. The first-order valence-electron chi connectivity index (χ1n) is 4.14. The van der Waals surface area contributed by atoms with Crippen molar-refractivity contribution in [2.45, 2.75) is 20.3 Å². The van der Waals surface area contributed by atoms with Crippen LogP contribution in [0.5, 0.6) is 0 Å². The second-order valence-corrected chi connectivity index (χ2v) is 2.97. The van der Waals surface area contributed by atoms with E-state index >= 15 is 0 Å². The third-order valence-electron chi connectivity index (χ3n) is 1.91. The fraction of sp³-hybridized carbons (Fsp3) is 0.300. The molecule has 0 N–H and O–H groups in total. The molecule has 0 fully saturated rings. The summed E-state index contributed by atoms with van der Waals surface area (Å²) in [4.78, 5) is 4.18. The Kier molecular flexibility index (Phi) is 1.61. The van der Waals surface area contributed by atoms with Gasteiger partial charge in [-0.25, -0.2) is 4.98 Å². The molecule has 0 saturated heterocycles. The maximum absolute atomic E-state index is 5.46. The van der Waals surface area contributed by atoms with Crippen molar-refractivity contribution in [3.63, 3.8) is 0 Å². The topological polar surface area (TPSA) is 26.0 Å². The number of furan rings is 1. The van der Waals surface area contributed by atoms with Crippen LogP contribution in [-0.4, -0.2) is 4.98 Å². The van der Waals surface area contributed by atoms with Crippen molar-refractivity contribution in [2.24, 2.45) is 0 Å². The molecule has 0 aliphatic rings. The van der Waals surface area contributed by atoms with Crippen molar-refractivity contribution in [3.8, 4) is 0 Å². The average Bonchev–Trinajstić information content (AvgIpc) is 2.46. The molecule has 62 valence electrons. The van der Waals surface area contributed by atoms with E-state index in [1.54, 1.807) is 0 Å². The fourth-order valence-electron chi connectivity index (χ4n) is 1.27. The van der Waals surface area contributed by atoms with Gasteiger partial charge in [0, 0.05) is 18.0 Å². The number of hydrogen-bond donors (Lipinski definition) is 0. The van der Waals surface area contributed by atoms with Crippen molar-refractivity contribution < 1.29 is 4.42 Å². The quantitative estimate of drug-likeness (QED) is 0.642. The lowest BCUT2D eigenvalue weighted by Crippen LogP contribution is -1.74. The molecule has 2 aromatic heterocycles. The van der Waals surface area contributed by atoms with Crippen molar-refractivity contribution in [2.75, 3.05) is 0 Å². The Bertz CT molecular complexity index is 403. The molecular formula is C10H11NO. The number of aromatic nitrogens is 1. The molecule has 0 atom stereocenters. The van der Waals surface area contributed by atoms with Gasteiger partial charge in [-0.1, -0.05) is 6.92 Å². The normalized spacial score (nSPS) is 10.8. The van der Waals surface area contributed by atoms with Crippen LogP contribution in [0.4, 0.5) is 0 Å². The number of fused-ring (bicyclic) bond motifs is 1. The fourth-order valence-corrected chi connectivity index (χ4v) is 1.27. The number of rotatable bonds is 1. The number of hydrogen-bond acceptors (Lipinski definition) is 2. The van der Waals surface area contributed by atoms with Gasteiger partial charge in [0.25, 0.3) is 0 Å². The minimum Gasteiger partial charge on any atom is -0.443 e. The molecule has 2 aromatic rings. The number of nitrogens with zero attached hydrogens (tertiary/aromatic N) is 1. The summed E-state index contributed by atoms with van der Waals surface area (Å²) < 4.78 is 5.46. The zero-order valence-electron chi connectivity index (χ0n) is 7.29. The van der Waals surface area contributed by atoms with Gasteiger partial charge in [0.15, 0.2) is 0 Å². The monoisotopic (exact) mass is 161 g/mol. The van der Waals surface area contributed by atoms with Gasteiger partial charge in [-0.05, 0) is 24.6 Å². The van der Waals surface area contributed by atoms with E-state index in [1.165, 1.54) is 5.56 Å². The van der Waals surface area contributed by atoms with E-state index in [0.717, 1.165) is 23.3 Å². The Hall–Kier alpha value is -1.31. The zero-order chi connectivity index (χ0) is 8.55. The highest BCUT2D eigenvalue weighted by atomic mass is 16.3. The van der Waals surface area contributed by atoms with Crippen LogP contribution in [0.25, 0.3) is 11.1 Å². The molecule has 0 radical (unpaired) electrons. The molecular weight excluding hydrogens is 150 g/mol. The molecule has 0 aliphatic carbocycles. The highest BCUT2D eigenvalue weighted by molar-refractivity contribution is 5.74. The molecule has 2 heterocycles. The second kappa shape index (κ2) is 2.63. The molecule has 2 rings (SSSR count). The summed E-state index contributed by atoms with van der Waals surface area (Å²) in [5, 5.41) is 1.10. The molecule has 0 bridgehead atoms. The summed E-state index contributed by atoms with van der Waals surface area (Å²) in [7, 11) is 0. The van der Waals surface area contributed by atoms with Crippen molar-refractivity contribution >= 4 is 11.1 Å². The Morgan fingerprint density at radius 1 is 1.42 bits per heavy atom. The van der Waals surface area contributed by atoms with Gasteiger partial charge in [-0.3, -0.25) is 0 Å². The summed E-state index contributed by atoms with van der Waals surface area (Å²) in [6, 6.07) is 4.14. The summed E-state index contributed by atoms with van der Waals surface area (Å²) in [5.41, 5.74) is 1.92. The van der Waals surface area contributed by atoms with Gasteiger partial charge in [-0.2, -0.15) is 0 Å². The largest absolute Gasteiger partial charge is 0.443 e. The Balaban J connectivity index is 2.67. The van der Waals surface area contributed by atoms with Crippen LogP contribution in [-0.2, 0) is 6.42 Å². The van der Waals surface area contributed by atoms with Crippen LogP contribution in [0.3, 0.4) is 0 Å². The maximum Gasteiger partial charge on any atom is 0.226 e. The summed E-state index contributed by atoms with van der Waals surface area (Å²) in [5.74, 6) is 1.00. The van der Waals surface area contributed by atoms with E-state index in [4.69, 9.17) is 4.42 Å². The van der Waals surface area contributed by atoms with Gasteiger partial charge in [-0.15, -0.1) is 0 Å². The SMILES string of the molecule is CCc1cc2cc(C)cnc2o1. The molecule has 0 saturated carbocycles. The number of pyridine rings is 1. The van der Waals surface area contributed by atoms with Crippen LogP contribution < -0.4 is 0 Å². The standard InChI is InChI=1S/C10H11NO/c1-3-9-5-8-4-7(2)6-11-10(8)12-9/h4-6H,3H2,1-2H3. The van der Waals surface area contributed by atoms with E-state index in [-0.39, 0.29) is 0 Å². The van der Waals surface area contributed by atoms with Crippen molar-refractivity contribution in [3.05, 3.63) is 29.7 Å². The predicted molar refractivity (Wildman–Crippen MR) is 48.1 cm³/mol. The lowest BCUT2D eigenvalue weighted by molar-refractivity contribution is 0.547. The maximum atomic E-state index is 5.46. The molecule has 2 nitrogen and oxygen atoms in total. The van der Waals surface area contributed by atoms with Crippen LogP contribution in [0.1, 0.15) is 18.2 Å². The zero-order valence-corrected chi connectivity index (χ0v) is 7.29. The van der Waals surface area contributed by atoms with Gasteiger partial charge < -0.3 is 4.42 Å². The highest BCUT2D eigenvalue weighted by Crippen LogP contribution is 2.18. The molecule has 0 aliphatic heterocycles. The van der Waals surface area contributed by atoms with Crippen LogP contribution in [0.2, 0.25) is 0 Å². The van der Waals surface area contributed by atoms with Crippen molar-refractivity contribution in [1.82, 2.24) is 4.98 Å². The average molecular weight is 161 g/mol. The van der Waals surface area contributed by atoms with Gasteiger partial charge in [0.2, 0.25) is 5.71 Å². The molecule has 0 spiro atoms. The van der Waals surface area contributed by atoms with Gasteiger partial charge in [0.05, 0.1) is 0 Å². The van der Waals surface area contributed by atoms with E-state index in [9.17, 15) is 0 Å².